The van der Waals surface area contributed by atoms with Crippen LogP contribution in [0.4, 0.5) is 0 Å². The van der Waals surface area contributed by atoms with Gasteiger partial charge in [0.25, 0.3) is 11.7 Å². The number of thiophene rings is 1. The van der Waals surface area contributed by atoms with Gasteiger partial charge >= 0.3 is 0 Å². The van der Waals surface area contributed by atoms with Crippen molar-refractivity contribution >= 4 is 34.8 Å². The first-order chi connectivity index (χ1) is 12.1. The largest absolute Gasteiger partial charge is 0.335 e. The molecule has 1 aliphatic heterocycles. The number of amides is 1. The number of aromatic nitrogens is 4. The Balaban J connectivity index is 1.54. The number of carbonyl (C=O) groups is 1. The number of aryl methyl sites for hydroxylation is 2. The molecule has 0 spiro atoms. The highest BCUT2D eigenvalue weighted by molar-refractivity contribution is 7.99. The molecule has 1 aliphatic rings. The predicted octanol–water partition coefficient (Wildman–Crippen LogP) is 3.12. The Labute approximate surface area is 154 Å². The molecule has 1 amide bonds. The molecule has 4 heterocycles. The maximum absolute atomic E-state index is 12.9. The molecule has 1 unspecified atom stereocenters. The number of thioether (sulfide) groups is 1. The number of fused-ring (bicyclic) bond motifs is 1. The standard InChI is InChI=1S/C17H19N5OS2/c1-11-10-12(2)22-17(18-11)19-15(20-22)16(23)21-6-5-14(25-9-7-21)13-4-3-8-24-13/h3-4,8,10,14H,5-7,9H2,1-2H3. The van der Waals surface area contributed by atoms with Crippen LogP contribution in [0.15, 0.2) is 23.6 Å². The summed E-state index contributed by atoms with van der Waals surface area (Å²) in [5.74, 6) is 1.55. The Morgan fingerprint density at radius 3 is 2.96 bits per heavy atom. The van der Waals surface area contributed by atoms with Gasteiger partial charge in [0.1, 0.15) is 0 Å². The van der Waals surface area contributed by atoms with Crippen LogP contribution >= 0.6 is 23.1 Å². The van der Waals surface area contributed by atoms with Gasteiger partial charge in [0, 0.05) is 40.4 Å². The van der Waals surface area contributed by atoms with Crippen LogP contribution in [-0.2, 0) is 0 Å². The first-order valence-corrected chi connectivity index (χ1v) is 10.2. The Morgan fingerprint density at radius 2 is 2.16 bits per heavy atom. The van der Waals surface area contributed by atoms with Gasteiger partial charge in [-0.05, 0) is 37.8 Å². The third kappa shape index (κ3) is 3.28. The van der Waals surface area contributed by atoms with Gasteiger partial charge in [-0.2, -0.15) is 16.7 Å². The van der Waals surface area contributed by atoms with Crippen LogP contribution < -0.4 is 0 Å². The molecule has 0 aromatic carbocycles. The monoisotopic (exact) mass is 373 g/mol. The van der Waals surface area contributed by atoms with Crippen LogP contribution in [0.3, 0.4) is 0 Å². The van der Waals surface area contributed by atoms with Crippen LogP contribution in [0.25, 0.3) is 5.78 Å². The van der Waals surface area contributed by atoms with E-state index in [4.69, 9.17) is 0 Å². The van der Waals surface area contributed by atoms with Crippen LogP contribution in [0.1, 0.15) is 38.6 Å². The van der Waals surface area contributed by atoms with Crippen molar-refractivity contribution in [2.24, 2.45) is 0 Å². The average Bonchev–Trinajstić information content (AvgIpc) is 3.19. The fourth-order valence-electron chi connectivity index (χ4n) is 3.07. The number of carbonyl (C=O) groups excluding carboxylic acids is 1. The second-order valence-electron chi connectivity index (χ2n) is 6.14. The Kier molecular flexibility index (Phi) is 4.47. The summed E-state index contributed by atoms with van der Waals surface area (Å²) in [6.07, 6.45) is 0.959. The number of hydrogen-bond acceptors (Lipinski definition) is 6. The minimum atomic E-state index is -0.102. The Morgan fingerprint density at radius 1 is 1.28 bits per heavy atom. The quantitative estimate of drug-likeness (QED) is 0.691. The van der Waals surface area contributed by atoms with E-state index in [2.05, 4.69) is 32.6 Å². The molecule has 6 nitrogen and oxygen atoms in total. The lowest BCUT2D eigenvalue weighted by atomic mass is 10.2. The normalized spacial score (nSPS) is 18.5. The van der Waals surface area contributed by atoms with Crippen LogP contribution in [0, 0.1) is 13.8 Å². The average molecular weight is 374 g/mol. The zero-order valence-electron chi connectivity index (χ0n) is 14.2. The van der Waals surface area contributed by atoms with Crippen LogP contribution in [-0.4, -0.2) is 49.2 Å². The van der Waals surface area contributed by atoms with E-state index in [0.29, 0.717) is 11.0 Å². The molecular formula is C17H19N5OS2. The summed E-state index contributed by atoms with van der Waals surface area (Å²) < 4.78 is 1.64. The zero-order valence-corrected chi connectivity index (χ0v) is 15.8. The lowest BCUT2D eigenvalue weighted by Gasteiger charge is -2.18. The van der Waals surface area contributed by atoms with E-state index in [-0.39, 0.29) is 11.7 Å². The second kappa shape index (κ2) is 6.76. The number of hydrogen-bond donors (Lipinski definition) is 0. The molecule has 25 heavy (non-hydrogen) atoms. The summed E-state index contributed by atoms with van der Waals surface area (Å²) in [7, 11) is 0. The first kappa shape index (κ1) is 16.5. The minimum absolute atomic E-state index is 0.102. The topological polar surface area (TPSA) is 63.4 Å². The van der Waals surface area contributed by atoms with E-state index in [1.165, 1.54) is 4.88 Å². The Bertz CT molecular complexity index is 905. The molecule has 0 saturated carbocycles. The van der Waals surface area contributed by atoms with E-state index in [1.807, 2.05) is 36.6 Å². The number of rotatable bonds is 2. The van der Waals surface area contributed by atoms with Gasteiger partial charge in [0.05, 0.1) is 0 Å². The highest BCUT2D eigenvalue weighted by Gasteiger charge is 2.26. The van der Waals surface area contributed by atoms with E-state index < -0.39 is 0 Å². The minimum Gasteiger partial charge on any atom is -0.335 e. The molecule has 3 aromatic rings. The third-order valence-corrected chi connectivity index (χ3v) is 6.74. The molecule has 3 aromatic heterocycles. The summed E-state index contributed by atoms with van der Waals surface area (Å²) in [6, 6.07) is 6.21. The molecule has 0 N–H and O–H groups in total. The lowest BCUT2D eigenvalue weighted by Crippen LogP contribution is -2.33. The van der Waals surface area contributed by atoms with Gasteiger partial charge in [-0.25, -0.2) is 9.50 Å². The predicted molar refractivity (Wildman–Crippen MR) is 100 cm³/mol. The van der Waals surface area contributed by atoms with Crippen molar-refractivity contribution in [3.8, 4) is 0 Å². The van der Waals surface area contributed by atoms with Gasteiger partial charge in [-0.3, -0.25) is 4.79 Å². The smallest absolute Gasteiger partial charge is 0.293 e. The molecular weight excluding hydrogens is 354 g/mol. The van der Waals surface area contributed by atoms with E-state index in [9.17, 15) is 4.79 Å². The van der Waals surface area contributed by atoms with Crippen molar-refractivity contribution in [3.05, 3.63) is 45.7 Å². The van der Waals surface area contributed by atoms with Gasteiger partial charge in [0.15, 0.2) is 0 Å². The van der Waals surface area contributed by atoms with Gasteiger partial charge < -0.3 is 4.90 Å². The maximum Gasteiger partial charge on any atom is 0.293 e. The van der Waals surface area contributed by atoms with Crippen molar-refractivity contribution in [2.45, 2.75) is 25.5 Å². The molecule has 1 atom stereocenters. The summed E-state index contributed by atoms with van der Waals surface area (Å²) in [5, 5.41) is 6.96. The summed E-state index contributed by atoms with van der Waals surface area (Å²) in [6.45, 7) is 5.32. The molecule has 130 valence electrons. The molecule has 0 bridgehead atoms. The van der Waals surface area contributed by atoms with E-state index in [0.717, 1.165) is 36.7 Å². The van der Waals surface area contributed by atoms with E-state index in [1.54, 1.807) is 15.9 Å². The van der Waals surface area contributed by atoms with Crippen LogP contribution in [0.2, 0.25) is 0 Å². The molecule has 0 radical (unpaired) electrons. The number of nitrogens with zero attached hydrogens (tertiary/aromatic N) is 5. The molecule has 1 fully saturated rings. The van der Waals surface area contributed by atoms with Crippen LogP contribution in [0.5, 0.6) is 0 Å². The van der Waals surface area contributed by atoms with Crippen molar-refractivity contribution in [2.75, 3.05) is 18.8 Å². The summed E-state index contributed by atoms with van der Waals surface area (Å²) in [5.41, 5.74) is 1.81. The maximum atomic E-state index is 12.9. The molecule has 8 heteroatoms. The van der Waals surface area contributed by atoms with Crippen molar-refractivity contribution in [1.82, 2.24) is 24.5 Å². The molecule has 4 rings (SSSR count). The fourth-order valence-corrected chi connectivity index (χ4v) is 5.31. The SMILES string of the molecule is Cc1cc(C)n2nc(C(=O)N3CCSC(c4cccs4)CC3)nc2n1. The van der Waals surface area contributed by atoms with E-state index >= 15 is 0 Å². The van der Waals surface area contributed by atoms with Crippen molar-refractivity contribution in [3.63, 3.8) is 0 Å². The van der Waals surface area contributed by atoms with Crippen molar-refractivity contribution < 1.29 is 4.79 Å². The molecule has 1 saturated heterocycles. The summed E-state index contributed by atoms with van der Waals surface area (Å²) in [4.78, 5) is 24.8. The van der Waals surface area contributed by atoms with Gasteiger partial charge in [-0.1, -0.05) is 6.07 Å². The van der Waals surface area contributed by atoms with Gasteiger partial charge in [-0.15, -0.1) is 16.4 Å². The van der Waals surface area contributed by atoms with Crippen molar-refractivity contribution in [1.29, 1.82) is 0 Å². The first-order valence-electron chi connectivity index (χ1n) is 8.27. The molecule has 0 aliphatic carbocycles. The fraction of sp³-hybridized carbons (Fsp3) is 0.412. The Hall–Kier alpha value is -1.93. The third-order valence-electron chi connectivity index (χ3n) is 4.30. The second-order valence-corrected chi connectivity index (χ2v) is 8.43. The lowest BCUT2D eigenvalue weighted by molar-refractivity contribution is 0.0754. The highest BCUT2D eigenvalue weighted by atomic mass is 32.2. The zero-order chi connectivity index (χ0) is 17.4. The summed E-state index contributed by atoms with van der Waals surface area (Å²) >= 11 is 3.72. The highest BCUT2D eigenvalue weighted by Crippen LogP contribution is 2.36. The van der Waals surface area contributed by atoms with Gasteiger partial charge in [0.2, 0.25) is 5.82 Å².